The quantitative estimate of drug-likeness (QED) is 0.202. The van der Waals surface area contributed by atoms with Gasteiger partial charge in [-0.2, -0.15) is 0 Å². The Balaban J connectivity index is 0.000000394. The molecule has 0 spiro atoms. The standard InChI is InChI=1S/C6H14N4O2.C5H6N2O2/c7-4(5(11)12)2-1-3-10-6(8)9;1-3-2-6-5(9)7-4(3)8/h4H,1-3,7H2,(H,11,12)(H4,8,9,10);2H,1H3,(H2,6,7,8,9)/t4-;/m0./s1. The zero-order valence-electron chi connectivity index (χ0n) is 11.6. The molecule has 0 radical (unpaired) electrons. The van der Waals surface area contributed by atoms with Gasteiger partial charge >= 0.3 is 11.7 Å². The summed E-state index contributed by atoms with van der Waals surface area (Å²) in [6, 6.07) is -0.820. The third-order valence-corrected chi connectivity index (χ3v) is 2.29. The number of aryl methyl sites for hydroxylation is 1. The summed E-state index contributed by atoms with van der Waals surface area (Å²) in [7, 11) is 0. The first-order valence-corrected chi connectivity index (χ1v) is 6.06. The van der Waals surface area contributed by atoms with Crippen molar-refractivity contribution in [2.75, 3.05) is 6.54 Å². The van der Waals surface area contributed by atoms with E-state index in [1.165, 1.54) is 6.20 Å². The molecule has 10 heteroatoms. The molecule has 0 bridgehead atoms. The highest BCUT2D eigenvalue weighted by atomic mass is 16.4. The van der Waals surface area contributed by atoms with Crippen molar-refractivity contribution in [2.45, 2.75) is 25.8 Å². The maximum absolute atomic E-state index is 10.6. The van der Waals surface area contributed by atoms with Crippen LogP contribution in [0, 0.1) is 6.92 Å². The zero-order valence-corrected chi connectivity index (χ0v) is 11.6. The van der Waals surface area contributed by atoms with Crippen LogP contribution >= 0.6 is 0 Å². The minimum Gasteiger partial charge on any atom is -0.480 e. The Morgan fingerprint density at radius 3 is 2.48 bits per heavy atom. The average Bonchev–Trinajstić information content (AvgIpc) is 2.39. The van der Waals surface area contributed by atoms with Crippen LogP contribution < -0.4 is 28.5 Å². The van der Waals surface area contributed by atoms with E-state index < -0.39 is 17.7 Å². The van der Waals surface area contributed by atoms with Gasteiger partial charge in [-0.25, -0.2) is 4.79 Å². The van der Waals surface area contributed by atoms with Crippen LogP contribution in [0.2, 0.25) is 0 Å². The van der Waals surface area contributed by atoms with E-state index in [1.807, 2.05) is 0 Å². The molecule has 0 aliphatic heterocycles. The Labute approximate surface area is 120 Å². The first-order valence-electron chi connectivity index (χ1n) is 6.06. The lowest BCUT2D eigenvalue weighted by Gasteiger charge is -2.03. The van der Waals surface area contributed by atoms with Crippen LogP contribution in [0.15, 0.2) is 20.8 Å². The number of carbonyl (C=O) groups is 1. The van der Waals surface area contributed by atoms with Crippen molar-refractivity contribution in [3.05, 3.63) is 32.6 Å². The first kappa shape index (κ1) is 18.4. The molecule has 1 heterocycles. The second-order valence-corrected chi connectivity index (χ2v) is 4.15. The van der Waals surface area contributed by atoms with E-state index in [9.17, 15) is 14.4 Å². The van der Waals surface area contributed by atoms with Crippen molar-refractivity contribution in [1.29, 1.82) is 0 Å². The van der Waals surface area contributed by atoms with Crippen LogP contribution in [0.3, 0.4) is 0 Å². The maximum atomic E-state index is 10.6. The first-order chi connectivity index (χ1) is 9.73. The van der Waals surface area contributed by atoms with Gasteiger partial charge in [0.15, 0.2) is 5.96 Å². The van der Waals surface area contributed by atoms with Crippen molar-refractivity contribution in [1.82, 2.24) is 9.97 Å². The molecule has 21 heavy (non-hydrogen) atoms. The Morgan fingerprint density at radius 2 is 2.05 bits per heavy atom. The number of nitrogens with one attached hydrogen (secondary N) is 2. The minimum atomic E-state index is -1.00. The van der Waals surface area contributed by atoms with Gasteiger partial charge in [0.1, 0.15) is 6.04 Å². The van der Waals surface area contributed by atoms with Crippen LogP contribution in [0.25, 0.3) is 0 Å². The fraction of sp³-hybridized carbons (Fsp3) is 0.455. The number of aromatic nitrogens is 2. The van der Waals surface area contributed by atoms with Crippen LogP contribution in [-0.4, -0.2) is 39.6 Å². The summed E-state index contributed by atoms with van der Waals surface area (Å²) in [5.41, 5.74) is 15.0. The highest BCUT2D eigenvalue weighted by Crippen LogP contribution is 1.94. The number of hydrogen-bond acceptors (Lipinski definition) is 5. The number of nitrogens with zero attached hydrogens (tertiary/aromatic N) is 1. The topological polar surface area (TPSA) is 193 Å². The summed E-state index contributed by atoms with van der Waals surface area (Å²) in [5.74, 6) is -0.987. The molecule has 0 aliphatic rings. The fourth-order valence-electron chi connectivity index (χ4n) is 1.12. The smallest absolute Gasteiger partial charge is 0.325 e. The van der Waals surface area contributed by atoms with Crippen LogP contribution in [0.5, 0.6) is 0 Å². The SMILES string of the molecule is Cc1c[nH]c(=O)[nH]c1=O.NC(N)=NCCC[C@H](N)C(=O)O. The Morgan fingerprint density at radius 1 is 1.43 bits per heavy atom. The predicted octanol–water partition coefficient (Wildman–Crippen LogP) is -2.18. The van der Waals surface area contributed by atoms with Gasteiger partial charge in [-0.05, 0) is 19.8 Å². The number of carboxylic acid groups (broad SMARTS) is 1. The van der Waals surface area contributed by atoms with Gasteiger partial charge in [0.25, 0.3) is 5.56 Å². The number of hydrogen-bond donors (Lipinski definition) is 6. The lowest BCUT2D eigenvalue weighted by atomic mass is 10.2. The number of aliphatic imine (C=N–C) groups is 1. The van der Waals surface area contributed by atoms with Crippen LogP contribution in [0.4, 0.5) is 0 Å². The number of carboxylic acids is 1. The van der Waals surface area contributed by atoms with Crippen LogP contribution in [0.1, 0.15) is 18.4 Å². The summed E-state index contributed by atoms with van der Waals surface area (Å²) < 4.78 is 0. The summed E-state index contributed by atoms with van der Waals surface area (Å²) >= 11 is 0. The predicted molar refractivity (Wildman–Crippen MR) is 77.9 cm³/mol. The van der Waals surface area contributed by atoms with E-state index >= 15 is 0 Å². The van der Waals surface area contributed by atoms with Gasteiger partial charge in [0, 0.05) is 18.3 Å². The molecule has 9 N–H and O–H groups in total. The summed E-state index contributed by atoms with van der Waals surface area (Å²) in [6.45, 7) is 2.04. The molecular formula is C11H20N6O4. The van der Waals surface area contributed by atoms with E-state index in [2.05, 4.69) is 15.0 Å². The Bertz CT molecular complexity index is 587. The zero-order chi connectivity index (χ0) is 16.4. The van der Waals surface area contributed by atoms with Gasteiger partial charge in [0.2, 0.25) is 0 Å². The second kappa shape index (κ2) is 9.31. The van der Waals surface area contributed by atoms with Crippen molar-refractivity contribution >= 4 is 11.9 Å². The highest BCUT2D eigenvalue weighted by Gasteiger charge is 2.09. The maximum Gasteiger partial charge on any atom is 0.325 e. The summed E-state index contributed by atoms with van der Waals surface area (Å²) in [4.78, 5) is 39.2. The molecule has 118 valence electrons. The highest BCUT2D eigenvalue weighted by molar-refractivity contribution is 5.75. The number of aliphatic carboxylic acids is 1. The number of nitrogens with two attached hydrogens (primary N) is 3. The van der Waals surface area contributed by atoms with E-state index in [1.54, 1.807) is 6.92 Å². The molecule has 1 atom stereocenters. The average molecular weight is 300 g/mol. The van der Waals surface area contributed by atoms with Crippen molar-refractivity contribution < 1.29 is 9.90 Å². The largest absolute Gasteiger partial charge is 0.480 e. The monoisotopic (exact) mass is 300 g/mol. The third kappa shape index (κ3) is 8.99. The molecule has 10 nitrogen and oxygen atoms in total. The number of rotatable bonds is 5. The summed E-state index contributed by atoms with van der Waals surface area (Å²) in [6.07, 6.45) is 2.33. The lowest BCUT2D eigenvalue weighted by molar-refractivity contribution is -0.138. The normalized spacial score (nSPS) is 11.0. The molecular weight excluding hydrogens is 280 g/mol. The van der Waals surface area contributed by atoms with Gasteiger partial charge in [-0.1, -0.05) is 0 Å². The molecule has 0 aromatic carbocycles. The molecule has 1 aromatic heterocycles. The molecule has 0 aliphatic carbocycles. The van der Waals surface area contributed by atoms with E-state index in [0.717, 1.165) is 0 Å². The number of guanidine groups is 1. The summed E-state index contributed by atoms with van der Waals surface area (Å²) in [5, 5.41) is 8.38. The van der Waals surface area contributed by atoms with E-state index in [0.29, 0.717) is 24.9 Å². The molecule has 1 rings (SSSR count). The van der Waals surface area contributed by atoms with Crippen LogP contribution in [-0.2, 0) is 4.79 Å². The van der Waals surface area contributed by atoms with Gasteiger partial charge < -0.3 is 27.3 Å². The third-order valence-electron chi connectivity index (χ3n) is 2.29. The molecule has 1 aromatic rings. The minimum absolute atomic E-state index is 0.0129. The van der Waals surface area contributed by atoms with Gasteiger partial charge in [-0.3, -0.25) is 19.6 Å². The molecule has 0 saturated carbocycles. The molecule has 0 amide bonds. The van der Waals surface area contributed by atoms with Crippen molar-refractivity contribution in [3.63, 3.8) is 0 Å². The number of aromatic amines is 2. The Hall–Kier alpha value is -2.62. The van der Waals surface area contributed by atoms with Gasteiger partial charge in [-0.15, -0.1) is 0 Å². The fourth-order valence-corrected chi connectivity index (χ4v) is 1.12. The molecule has 0 fully saturated rings. The van der Waals surface area contributed by atoms with Gasteiger partial charge in [0.05, 0.1) is 0 Å². The van der Waals surface area contributed by atoms with E-state index in [4.69, 9.17) is 22.3 Å². The van der Waals surface area contributed by atoms with Crippen molar-refractivity contribution in [3.8, 4) is 0 Å². The molecule has 0 saturated heterocycles. The Kier molecular flexibility index (Phi) is 8.15. The van der Waals surface area contributed by atoms with Crippen molar-refractivity contribution in [2.24, 2.45) is 22.2 Å². The second-order valence-electron chi connectivity index (χ2n) is 4.15. The lowest BCUT2D eigenvalue weighted by Crippen LogP contribution is -2.30. The molecule has 0 unspecified atom stereocenters. The van der Waals surface area contributed by atoms with E-state index in [-0.39, 0.29) is 11.5 Å². The number of H-pyrrole nitrogens is 2.